The van der Waals surface area contributed by atoms with Crippen LogP contribution in [0.15, 0.2) is 83.1 Å². The van der Waals surface area contributed by atoms with E-state index < -0.39 is 0 Å². The molecule has 0 unspecified atom stereocenters. The van der Waals surface area contributed by atoms with Gasteiger partial charge in [0.15, 0.2) is 0 Å². The Balaban J connectivity index is 1.40. The van der Waals surface area contributed by atoms with Crippen molar-refractivity contribution in [2.45, 2.75) is 13.2 Å². The maximum Gasteiger partial charge on any atom is 0.337 e. The summed E-state index contributed by atoms with van der Waals surface area (Å²) in [6.07, 6.45) is 3.15. The molecule has 3 aromatic rings. The topological polar surface area (TPSA) is 95.8 Å². The highest BCUT2D eigenvalue weighted by Crippen LogP contribution is 2.09. The van der Waals surface area contributed by atoms with Gasteiger partial charge in [-0.2, -0.15) is 0 Å². The van der Waals surface area contributed by atoms with E-state index in [4.69, 9.17) is 9.68 Å². The number of benzene rings is 3. The molecular formula is C26H24N2O6. The lowest BCUT2D eigenvalue weighted by atomic mass is 10.1. The quantitative estimate of drug-likeness (QED) is 0.253. The molecule has 0 atom stereocenters. The van der Waals surface area contributed by atoms with Gasteiger partial charge in [0.25, 0.3) is 0 Å². The van der Waals surface area contributed by atoms with Crippen molar-refractivity contribution in [1.82, 2.24) is 0 Å². The Morgan fingerprint density at radius 1 is 0.618 bits per heavy atom. The first-order valence-corrected chi connectivity index (χ1v) is 10.3. The Bertz CT molecular complexity index is 1040. The fourth-order valence-corrected chi connectivity index (χ4v) is 2.80. The van der Waals surface area contributed by atoms with Crippen LogP contribution in [0.1, 0.15) is 43.0 Å². The van der Waals surface area contributed by atoms with Gasteiger partial charge in [-0.15, -0.1) is 0 Å². The molecule has 3 aromatic carbocycles. The molecule has 0 N–H and O–H groups in total. The summed E-state index contributed by atoms with van der Waals surface area (Å²) in [5.74, 6) is -0.765. The molecule has 8 nitrogen and oxygen atoms in total. The minimum absolute atomic E-state index is 0.317. The normalized spacial score (nSPS) is 10.9. The zero-order valence-corrected chi connectivity index (χ0v) is 18.8. The predicted molar refractivity (Wildman–Crippen MR) is 127 cm³/mol. The Kier molecular flexibility index (Phi) is 8.92. The molecule has 0 aromatic heterocycles. The lowest BCUT2D eigenvalue weighted by Gasteiger charge is -2.03. The molecule has 0 saturated heterocycles. The lowest BCUT2D eigenvalue weighted by Crippen LogP contribution is -2.00. The molecule has 0 radical (unpaired) electrons. The van der Waals surface area contributed by atoms with Gasteiger partial charge in [-0.3, -0.25) is 0 Å². The largest absolute Gasteiger partial charge is 0.465 e. The van der Waals surface area contributed by atoms with Crippen molar-refractivity contribution in [1.29, 1.82) is 0 Å². The van der Waals surface area contributed by atoms with Crippen molar-refractivity contribution in [3.63, 3.8) is 0 Å². The van der Waals surface area contributed by atoms with Gasteiger partial charge in [0, 0.05) is 0 Å². The van der Waals surface area contributed by atoms with Crippen molar-refractivity contribution >= 4 is 24.4 Å². The number of hydrogen-bond donors (Lipinski definition) is 0. The van der Waals surface area contributed by atoms with E-state index in [9.17, 15) is 9.59 Å². The van der Waals surface area contributed by atoms with Gasteiger partial charge >= 0.3 is 11.9 Å². The standard InChI is InChI=1S/C26H24N2O6/c1-31-25(29)23-11-7-19(8-12-23)15-27-33-17-21-3-5-22(6-4-21)18-34-28-16-20-9-13-24(14-10-20)26(30)32-2/h3-16H,17-18H2,1-2H3/b27-15+,28-16+. The fraction of sp³-hybridized carbons (Fsp3) is 0.154. The fourth-order valence-electron chi connectivity index (χ4n) is 2.80. The van der Waals surface area contributed by atoms with Crippen LogP contribution in [0.2, 0.25) is 0 Å². The van der Waals surface area contributed by atoms with Crippen LogP contribution in [0.25, 0.3) is 0 Å². The number of hydrogen-bond acceptors (Lipinski definition) is 8. The van der Waals surface area contributed by atoms with Gasteiger partial charge in [-0.25, -0.2) is 9.59 Å². The minimum atomic E-state index is -0.382. The van der Waals surface area contributed by atoms with E-state index in [1.54, 1.807) is 61.0 Å². The van der Waals surface area contributed by atoms with E-state index in [1.165, 1.54) is 14.2 Å². The van der Waals surface area contributed by atoms with Crippen molar-refractivity contribution < 1.29 is 28.7 Å². The Morgan fingerprint density at radius 2 is 0.971 bits per heavy atom. The minimum Gasteiger partial charge on any atom is -0.465 e. The summed E-state index contributed by atoms with van der Waals surface area (Å²) in [6, 6.07) is 21.4. The zero-order valence-electron chi connectivity index (χ0n) is 18.8. The van der Waals surface area contributed by atoms with Crippen LogP contribution in [0.3, 0.4) is 0 Å². The number of oxime groups is 2. The maximum absolute atomic E-state index is 11.4. The zero-order chi connectivity index (χ0) is 24.2. The van der Waals surface area contributed by atoms with Crippen LogP contribution in [0.4, 0.5) is 0 Å². The molecule has 3 rings (SSSR count). The van der Waals surface area contributed by atoms with E-state index in [2.05, 4.69) is 19.8 Å². The highest BCUT2D eigenvalue weighted by molar-refractivity contribution is 5.91. The average molecular weight is 460 g/mol. The van der Waals surface area contributed by atoms with Crippen molar-refractivity contribution in [3.8, 4) is 0 Å². The lowest BCUT2D eigenvalue weighted by molar-refractivity contribution is 0.0592. The number of carbonyl (C=O) groups is 2. The molecule has 0 fully saturated rings. The molecule has 34 heavy (non-hydrogen) atoms. The van der Waals surface area contributed by atoms with Crippen LogP contribution >= 0.6 is 0 Å². The summed E-state index contributed by atoms with van der Waals surface area (Å²) in [6.45, 7) is 0.634. The Labute approximate surface area is 197 Å². The Hall–Kier alpha value is -4.46. The number of ether oxygens (including phenoxy) is 2. The maximum atomic E-state index is 11.4. The third-order valence-electron chi connectivity index (χ3n) is 4.70. The van der Waals surface area contributed by atoms with Crippen LogP contribution in [-0.4, -0.2) is 38.6 Å². The van der Waals surface area contributed by atoms with Gasteiger partial charge < -0.3 is 19.1 Å². The van der Waals surface area contributed by atoms with Crippen molar-refractivity contribution in [2.24, 2.45) is 10.3 Å². The number of carbonyl (C=O) groups excluding carboxylic acids is 2. The molecule has 0 aliphatic carbocycles. The number of methoxy groups -OCH3 is 2. The van der Waals surface area contributed by atoms with Gasteiger partial charge in [0.2, 0.25) is 0 Å². The monoisotopic (exact) mass is 460 g/mol. The van der Waals surface area contributed by atoms with Crippen LogP contribution < -0.4 is 0 Å². The van der Waals surface area contributed by atoms with Gasteiger partial charge in [-0.1, -0.05) is 58.8 Å². The predicted octanol–water partition coefficient (Wildman–Crippen LogP) is 4.36. The number of esters is 2. The second-order valence-electron chi connectivity index (χ2n) is 7.06. The van der Waals surface area contributed by atoms with Gasteiger partial charge in [-0.05, 0) is 46.5 Å². The summed E-state index contributed by atoms with van der Waals surface area (Å²) < 4.78 is 9.33. The summed E-state index contributed by atoms with van der Waals surface area (Å²) in [5.41, 5.74) is 4.47. The highest BCUT2D eigenvalue weighted by atomic mass is 16.6. The average Bonchev–Trinajstić information content (AvgIpc) is 2.89. The molecule has 0 saturated carbocycles. The van der Waals surface area contributed by atoms with E-state index in [0.717, 1.165) is 22.3 Å². The summed E-state index contributed by atoms with van der Waals surface area (Å²) >= 11 is 0. The van der Waals surface area contributed by atoms with E-state index >= 15 is 0 Å². The van der Waals surface area contributed by atoms with Crippen molar-refractivity contribution in [3.05, 3.63) is 106 Å². The third kappa shape index (κ3) is 7.30. The van der Waals surface area contributed by atoms with E-state index in [-0.39, 0.29) is 11.9 Å². The SMILES string of the molecule is COC(=O)c1ccc(/C=N/OCc2ccc(CO/N=C/c3ccc(C(=O)OC)cc3)cc2)cc1. The number of nitrogens with zero attached hydrogens (tertiary/aromatic N) is 2. The van der Waals surface area contributed by atoms with Crippen LogP contribution in [0.5, 0.6) is 0 Å². The molecule has 8 heteroatoms. The molecular weight excluding hydrogens is 436 g/mol. The second kappa shape index (κ2) is 12.5. The molecule has 0 aliphatic rings. The first-order valence-electron chi connectivity index (χ1n) is 10.3. The van der Waals surface area contributed by atoms with Crippen LogP contribution in [0, 0.1) is 0 Å². The third-order valence-corrected chi connectivity index (χ3v) is 4.70. The smallest absolute Gasteiger partial charge is 0.337 e. The first-order chi connectivity index (χ1) is 16.6. The molecule has 0 aliphatic heterocycles. The molecule has 0 spiro atoms. The molecule has 0 amide bonds. The number of rotatable bonds is 10. The van der Waals surface area contributed by atoms with Gasteiger partial charge in [0.05, 0.1) is 37.8 Å². The molecule has 174 valence electrons. The Morgan fingerprint density at radius 3 is 1.29 bits per heavy atom. The summed E-state index contributed by atoms with van der Waals surface area (Å²) in [4.78, 5) is 33.5. The summed E-state index contributed by atoms with van der Waals surface area (Å²) in [7, 11) is 2.69. The highest BCUT2D eigenvalue weighted by Gasteiger charge is 2.04. The molecule has 0 bridgehead atoms. The van der Waals surface area contributed by atoms with E-state index in [1.807, 2.05) is 24.3 Å². The van der Waals surface area contributed by atoms with Crippen molar-refractivity contribution in [2.75, 3.05) is 14.2 Å². The first kappa shape index (κ1) is 24.2. The second-order valence-corrected chi connectivity index (χ2v) is 7.06. The molecule has 0 heterocycles. The van der Waals surface area contributed by atoms with Gasteiger partial charge in [0.1, 0.15) is 13.2 Å². The van der Waals surface area contributed by atoms with Crippen LogP contribution in [-0.2, 0) is 32.4 Å². The van der Waals surface area contributed by atoms with E-state index in [0.29, 0.717) is 24.3 Å². The summed E-state index contributed by atoms with van der Waals surface area (Å²) in [5, 5.41) is 7.91.